The van der Waals surface area contributed by atoms with E-state index in [2.05, 4.69) is 10.6 Å². The second-order valence-corrected chi connectivity index (χ2v) is 5.69. The van der Waals surface area contributed by atoms with Crippen molar-refractivity contribution in [2.24, 2.45) is 0 Å². The molecule has 0 spiro atoms. The van der Waals surface area contributed by atoms with Gasteiger partial charge in [-0.05, 0) is 24.6 Å². The Hall–Kier alpha value is -1.20. The first-order valence-corrected chi connectivity index (χ1v) is 7.69. The quantitative estimate of drug-likeness (QED) is 0.796. The minimum absolute atomic E-state index is 0.0577. The van der Waals surface area contributed by atoms with Gasteiger partial charge in [0.1, 0.15) is 12.4 Å². The highest BCUT2D eigenvalue weighted by Crippen LogP contribution is 2.11. The molecule has 0 aliphatic carbocycles. The van der Waals surface area contributed by atoms with Gasteiger partial charge in [-0.3, -0.25) is 4.79 Å². The minimum atomic E-state index is -0.0577. The van der Waals surface area contributed by atoms with Crippen LogP contribution in [0.4, 0.5) is 0 Å². The highest BCUT2D eigenvalue weighted by Gasteiger charge is 2.19. The normalized spacial score (nSPS) is 18.9. The Labute approximate surface area is 118 Å². The molecule has 0 saturated carbocycles. The van der Waals surface area contributed by atoms with E-state index in [1.807, 2.05) is 43.0 Å². The molecule has 1 aliphatic heterocycles. The van der Waals surface area contributed by atoms with E-state index >= 15 is 0 Å². The number of ether oxygens (including phenoxy) is 1. The molecule has 4 nitrogen and oxygen atoms in total. The molecule has 2 N–H and O–H groups in total. The lowest BCUT2D eigenvalue weighted by atomic mass is 10.2. The number of rotatable bonds is 5. The number of carbonyl (C=O) groups is 1. The van der Waals surface area contributed by atoms with Gasteiger partial charge >= 0.3 is 0 Å². The minimum Gasteiger partial charge on any atom is -0.492 e. The van der Waals surface area contributed by atoms with Crippen LogP contribution in [-0.2, 0) is 4.79 Å². The monoisotopic (exact) mass is 280 g/mol. The molecule has 1 fully saturated rings. The molecule has 1 aromatic rings. The lowest BCUT2D eigenvalue weighted by molar-refractivity contribution is -0.122. The van der Waals surface area contributed by atoms with Gasteiger partial charge in [-0.1, -0.05) is 12.1 Å². The number of nitrogens with one attached hydrogen (secondary N) is 2. The van der Waals surface area contributed by atoms with Crippen molar-refractivity contribution < 1.29 is 9.53 Å². The standard InChI is InChI=1S/C14H20N2O2S/c1-11-3-2-4-12(9-11)18-7-5-16-14(17)13-10-19-8-6-15-13/h2-4,9,13,15H,5-8,10H2,1H3,(H,16,17). The van der Waals surface area contributed by atoms with Gasteiger partial charge in [-0.15, -0.1) is 0 Å². The largest absolute Gasteiger partial charge is 0.492 e. The first kappa shape index (κ1) is 14.2. The Morgan fingerprint density at radius 2 is 2.47 bits per heavy atom. The molecule has 104 valence electrons. The van der Waals surface area contributed by atoms with E-state index in [0.717, 1.165) is 23.8 Å². The van der Waals surface area contributed by atoms with E-state index in [1.54, 1.807) is 0 Å². The molecule has 1 heterocycles. The highest BCUT2D eigenvalue weighted by molar-refractivity contribution is 7.99. The molecule has 0 radical (unpaired) electrons. The predicted molar refractivity (Wildman–Crippen MR) is 78.8 cm³/mol. The summed E-state index contributed by atoms with van der Waals surface area (Å²) in [5, 5.41) is 6.11. The van der Waals surface area contributed by atoms with Gasteiger partial charge in [-0.2, -0.15) is 11.8 Å². The predicted octanol–water partition coefficient (Wildman–Crippen LogP) is 1.20. The van der Waals surface area contributed by atoms with Gasteiger partial charge in [-0.25, -0.2) is 0 Å². The van der Waals surface area contributed by atoms with Crippen molar-refractivity contribution >= 4 is 17.7 Å². The molecule has 1 amide bonds. The Morgan fingerprint density at radius 1 is 1.58 bits per heavy atom. The van der Waals surface area contributed by atoms with E-state index in [0.29, 0.717) is 13.2 Å². The summed E-state index contributed by atoms with van der Waals surface area (Å²) in [5.74, 6) is 2.85. The van der Waals surface area contributed by atoms with Crippen molar-refractivity contribution in [3.8, 4) is 5.75 Å². The topological polar surface area (TPSA) is 50.4 Å². The molecule has 5 heteroatoms. The third kappa shape index (κ3) is 4.76. The summed E-state index contributed by atoms with van der Waals surface area (Å²) in [5.41, 5.74) is 1.17. The Balaban J connectivity index is 1.65. The number of hydrogen-bond donors (Lipinski definition) is 2. The average Bonchev–Trinajstić information content (AvgIpc) is 2.44. The molecule has 0 aromatic heterocycles. The maximum absolute atomic E-state index is 11.8. The first-order chi connectivity index (χ1) is 9.25. The number of amides is 1. The second-order valence-electron chi connectivity index (χ2n) is 4.54. The maximum atomic E-state index is 11.8. The summed E-state index contributed by atoms with van der Waals surface area (Å²) in [6, 6.07) is 7.85. The molecule has 2 rings (SSSR count). The lowest BCUT2D eigenvalue weighted by Gasteiger charge is -2.22. The van der Waals surface area contributed by atoms with Crippen LogP contribution in [-0.4, -0.2) is 43.2 Å². The highest BCUT2D eigenvalue weighted by atomic mass is 32.2. The number of carbonyl (C=O) groups excluding carboxylic acids is 1. The van der Waals surface area contributed by atoms with Gasteiger partial charge in [0, 0.05) is 18.1 Å². The summed E-state index contributed by atoms with van der Waals surface area (Å²) < 4.78 is 5.58. The number of aryl methyl sites for hydroxylation is 1. The average molecular weight is 280 g/mol. The zero-order chi connectivity index (χ0) is 13.5. The molecule has 1 atom stereocenters. The van der Waals surface area contributed by atoms with E-state index < -0.39 is 0 Å². The zero-order valence-corrected chi connectivity index (χ0v) is 12.0. The third-order valence-electron chi connectivity index (χ3n) is 2.90. The van der Waals surface area contributed by atoms with E-state index in [9.17, 15) is 4.79 Å². The van der Waals surface area contributed by atoms with Crippen LogP contribution < -0.4 is 15.4 Å². The van der Waals surface area contributed by atoms with Crippen molar-refractivity contribution in [2.45, 2.75) is 13.0 Å². The number of thioether (sulfide) groups is 1. The van der Waals surface area contributed by atoms with Crippen LogP contribution in [0.25, 0.3) is 0 Å². The van der Waals surface area contributed by atoms with E-state index in [1.165, 1.54) is 5.56 Å². The van der Waals surface area contributed by atoms with Crippen LogP contribution in [0.3, 0.4) is 0 Å². The number of benzene rings is 1. The van der Waals surface area contributed by atoms with Gasteiger partial charge in [0.15, 0.2) is 0 Å². The molecule has 19 heavy (non-hydrogen) atoms. The van der Waals surface area contributed by atoms with E-state index in [-0.39, 0.29) is 11.9 Å². The fourth-order valence-electron chi connectivity index (χ4n) is 1.91. The molecule has 1 aromatic carbocycles. The van der Waals surface area contributed by atoms with Gasteiger partial charge in [0.05, 0.1) is 12.6 Å². The summed E-state index contributed by atoms with van der Waals surface area (Å²) in [6.07, 6.45) is 0. The van der Waals surface area contributed by atoms with Crippen LogP contribution in [0, 0.1) is 6.92 Å². The fraction of sp³-hybridized carbons (Fsp3) is 0.500. The first-order valence-electron chi connectivity index (χ1n) is 6.54. The van der Waals surface area contributed by atoms with Crippen LogP contribution in [0.1, 0.15) is 5.56 Å². The molecule has 1 unspecified atom stereocenters. The summed E-state index contributed by atoms with van der Waals surface area (Å²) in [4.78, 5) is 11.8. The number of hydrogen-bond acceptors (Lipinski definition) is 4. The molecule has 1 saturated heterocycles. The smallest absolute Gasteiger partial charge is 0.238 e. The van der Waals surface area contributed by atoms with Crippen LogP contribution >= 0.6 is 11.8 Å². The fourth-order valence-corrected chi connectivity index (χ4v) is 2.84. The van der Waals surface area contributed by atoms with Gasteiger partial charge in [0.25, 0.3) is 0 Å². The van der Waals surface area contributed by atoms with Gasteiger partial charge < -0.3 is 15.4 Å². The van der Waals surface area contributed by atoms with Gasteiger partial charge in [0.2, 0.25) is 5.91 Å². The van der Waals surface area contributed by atoms with E-state index in [4.69, 9.17) is 4.74 Å². The molecular formula is C14H20N2O2S. The Morgan fingerprint density at radius 3 is 3.21 bits per heavy atom. The van der Waals surface area contributed by atoms with Crippen molar-refractivity contribution in [1.82, 2.24) is 10.6 Å². The van der Waals surface area contributed by atoms with Crippen molar-refractivity contribution in [3.05, 3.63) is 29.8 Å². The summed E-state index contributed by atoms with van der Waals surface area (Å²) >= 11 is 1.81. The van der Waals surface area contributed by atoms with Crippen LogP contribution in [0.5, 0.6) is 5.75 Å². The van der Waals surface area contributed by atoms with Crippen molar-refractivity contribution in [1.29, 1.82) is 0 Å². The summed E-state index contributed by atoms with van der Waals surface area (Å²) in [6.45, 7) is 3.97. The molecule has 0 bridgehead atoms. The zero-order valence-electron chi connectivity index (χ0n) is 11.1. The Bertz CT molecular complexity index is 420. The van der Waals surface area contributed by atoms with Crippen molar-refractivity contribution in [2.75, 3.05) is 31.2 Å². The SMILES string of the molecule is Cc1cccc(OCCNC(=O)C2CSCCN2)c1. The molecular weight excluding hydrogens is 260 g/mol. The third-order valence-corrected chi connectivity index (χ3v) is 3.96. The Kier molecular flexibility index (Phi) is 5.54. The second kappa shape index (κ2) is 7.40. The molecule has 1 aliphatic rings. The van der Waals surface area contributed by atoms with Crippen molar-refractivity contribution in [3.63, 3.8) is 0 Å². The van der Waals surface area contributed by atoms with Crippen LogP contribution in [0.2, 0.25) is 0 Å². The van der Waals surface area contributed by atoms with Crippen LogP contribution in [0.15, 0.2) is 24.3 Å². The lowest BCUT2D eigenvalue weighted by Crippen LogP contribution is -2.49. The summed E-state index contributed by atoms with van der Waals surface area (Å²) in [7, 11) is 0. The maximum Gasteiger partial charge on any atom is 0.238 e.